The summed E-state index contributed by atoms with van der Waals surface area (Å²) in [5, 5.41) is 16.7. The number of aliphatic carboxylic acids is 1. The van der Waals surface area contributed by atoms with Crippen LogP contribution in [0.2, 0.25) is 5.02 Å². The minimum Gasteiger partial charge on any atom is -0.480 e. The molecule has 4 rings (SSSR count). The molecule has 1 aromatic heterocycles. The van der Waals surface area contributed by atoms with E-state index in [-0.39, 0.29) is 12.4 Å². The Labute approximate surface area is 208 Å². The SMILES string of the molecule is CC(C)(NCc1ccc(-c2noc(-c3ccc(Oc4ccccc4)cc3)n2)c(Cl)c1)C(=O)O.Cl. The van der Waals surface area contributed by atoms with E-state index in [1.165, 1.54) is 0 Å². The van der Waals surface area contributed by atoms with Crippen LogP contribution in [0.4, 0.5) is 0 Å². The lowest BCUT2D eigenvalue weighted by atomic mass is 10.0. The van der Waals surface area contributed by atoms with Crippen LogP contribution in [0.3, 0.4) is 0 Å². The highest BCUT2D eigenvalue weighted by atomic mass is 35.5. The number of aromatic nitrogens is 2. The zero-order valence-electron chi connectivity index (χ0n) is 18.5. The molecule has 1 heterocycles. The molecule has 0 bridgehead atoms. The smallest absolute Gasteiger partial charge is 0.323 e. The van der Waals surface area contributed by atoms with Gasteiger partial charge in [-0.2, -0.15) is 4.98 Å². The van der Waals surface area contributed by atoms with Crippen LogP contribution < -0.4 is 10.1 Å². The van der Waals surface area contributed by atoms with Crippen molar-refractivity contribution in [3.05, 3.63) is 83.4 Å². The van der Waals surface area contributed by atoms with Gasteiger partial charge in [-0.1, -0.05) is 41.0 Å². The highest BCUT2D eigenvalue weighted by molar-refractivity contribution is 6.33. The first-order valence-electron chi connectivity index (χ1n) is 10.3. The lowest BCUT2D eigenvalue weighted by molar-refractivity contribution is -0.143. The first-order chi connectivity index (χ1) is 15.8. The van der Waals surface area contributed by atoms with Gasteiger partial charge in [0.1, 0.15) is 17.0 Å². The predicted molar refractivity (Wildman–Crippen MR) is 132 cm³/mol. The van der Waals surface area contributed by atoms with Gasteiger partial charge in [-0.05, 0) is 67.9 Å². The number of ether oxygens (including phenoxy) is 1. The van der Waals surface area contributed by atoms with Crippen LogP contribution in [-0.2, 0) is 11.3 Å². The average molecular weight is 500 g/mol. The minimum absolute atomic E-state index is 0. The first kappa shape index (κ1) is 25.2. The number of hydrogen-bond acceptors (Lipinski definition) is 6. The zero-order valence-corrected chi connectivity index (χ0v) is 20.1. The molecule has 0 unspecified atom stereocenters. The lowest BCUT2D eigenvalue weighted by Crippen LogP contribution is -2.46. The molecule has 9 heteroatoms. The van der Waals surface area contributed by atoms with Gasteiger partial charge in [-0.3, -0.25) is 10.1 Å². The predicted octanol–water partition coefficient (Wildman–Crippen LogP) is 6.22. The van der Waals surface area contributed by atoms with Crippen LogP contribution in [0.15, 0.2) is 77.3 Å². The largest absolute Gasteiger partial charge is 0.480 e. The Morgan fingerprint density at radius 1 is 1.06 bits per heavy atom. The average Bonchev–Trinajstić information content (AvgIpc) is 3.29. The number of nitrogens with zero attached hydrogens (tertiary/aromatic N) is 2. The van der Waals surface area contributed by atoms with Crippen LogP contribution in [0.25, 0.3) is 22.8 Å². The van der Waals surface area contributed by atoms with Crippen molar-refractivity contribution in [1.29, 1.82) is 0 Å². The number of hydrogen-bond donors (Lipinski definition) is 2. The van der Waals surface area contributed by atoms with Crippen LogP contribution in [0, 0.1) is 0 Å². The standard InChI is InChI=1S/C25H22ClN3O4.ClH/c1-25(2,24(30)31)27-15-16-8-13-20(21(26)14-16)22-28-23(33-29-22)17-9-11-19(12-10-17)32-18-6-4-3-5-7-18;/h3-14,27H,15H2,1-2H3,(H,30,31);1H. The number of carbonyl (C=O) groups is 1. The fourth-order valence-electron chi connectivity index (χ4n) is 2.99. The van der Waals surface area contributed by atoms with E-state index >= 15 is 0 Å². The summed E-state index contributed by atoms with van der Waals surface area (Å²) in [7, 11) is 0. The van der Waals surface area contributed by atoms with E-state index in [4.69, 9.17) is 20.9 Å². The molecule has 0 atom stereocenters. The van der Waals surface area contributed by atoms with E-state index in [0.29, 0.717) is 34.6 Å². The van der Waals surface area contributed by atoms with Gasteiger partial charge >= 0.3 is 5.97 Å². The van der Waals surface area contributed by atoms with Crippen LogP contribution in [-0.4, -0.2) is 26.8 Å². The third kappa shape index (κ3) is 5.94. The Bertz CT molecular complexity index is 1260. The molecule has 2 N–H and O–H groups in total. The van der Waals surface area contributed by atoms with Crippen molar-refractivity contribution in [1.82, 2.24) is 15.5 Å². The maximum Gasteiger partial charge on any atom is 0.323 e. The maximum absolute atomic E-state index is 11.2. The number of carboxylic acid groups (broad SMARTS) is 1. The number of rotatable bonds is 8. The molecule has 0 aliphatic rings. The van der Waals surface area contributed by atoms with Crippen LogP contribution in [0.5, 0.6) is 11.5 Å². The number of carboxylic acids is 1. The molecule has 7 nitrogen and oxygen atoms in total. The van der Waals surface area contributed by atoms with Crippen molar-refractivity contribution >= 4 is 30.0 Å². The summed E-state index contributed by atoms with van der Waals surface area (Å²) >= 11 is 6.45. The summed E-state index contributed by atoms with van der Waals surface area (Å²) in [5.74, 6) is 1.25. The normalized spacial score (nSPS) is 11.0. The van der Waals surface area contributed by atoms with E-state index in [0.717, 1.165) is 16.9 Å². The van der Waals surface area contributed by atoms with Gasteiger partial charge in [-0.25, -0.2) is 0 Å². The molecule has 0 aliphatic carbocycles. The molecule has 0 spiro atoms. The molecule has 176 valence electrons. The Kier molecular flexibility index (Phi) is 7.94. The van der Waals surface area contributed by atoms with Gasteiger partial charge in [0.05, 0.1) is 5.02 Å². The Balaban J connectivity index is 0.00000324. The third-order valence-electron chi connectivity index (χ3n) is 5.05. The fraction of sp³-hybridized carbons (Fsp3) is 0.160. The van der Waals surface area contributed by atoms with Gasteiger partial charge in [0.15, 0.2) is 0 Å². The molecule has 0 saturated carbocycles. The molecule has 0 saturated heterocycles. The molecule has 0 amide bonds. The molecule has 0 fully saturated rings. The molecule has 0 aliphatic heterocycles. The Hall–Kier alpha value is -3.39. The maximum atomic E-state index is 11.2. The van der Waals surface area contributed by atoms with E-state index < -0.39 is 11.5 Å². The first-order valence-corrected chi connectivity index (χ1v) is 10.6. The van der Waals surface area contributed by atoms with Crippen molar-refractivity contribution in [3.8, 4) is 34.3 Å². The van der Waals surface area contributed by atoms with Crippen molar-refractivity contribution in [2.24, 2.45) is 0 Å². The topological polar surface area (TPSA) is 97.5 Å². The highest BCUT2D eigenvalue weighted by Gasteiger charge is 2.26. The Morgan fingerprint density at radius 3 is 2.38 bits per heavy atom. The lowest BCUT2D eigenvalue weighted by Gasteiger charge is -2.21. The molecule has 3 aromatic carbocycles. The Morgan fingerprint density at radius 2 is 1.74 bits per heavy atom. The van der Waals surface area contributed by atoms with Crippen LogP contribution >= 0.6 is 24.0 Å². The quantitative estimate of drug-likeness (QED) is 0.296. The van der Waals surface area contributed by atoms with Crippen molar-refractivity contribution in [2.75, 3.05) is 0 Å². The summed E-state index contributed by atoms with van der Waals surface area (Å²) in [4.78, 5) is 15.7. The third-order valence-corrected chi connectivity index (χ3v) is 5.36. The summed E-state index contributed by atoms with van der Waals surface area (Å²) in [6.45, 7) is 3.56. The van der Waals surface area contributed by atoms with Crippen LogP contribution in [0.1, 0.15) is 19.4 Å². The van der Waals surface area contributed by atoms with Gasteiger partial charge in [0, 0.05) is 17.7 Å². The second kappa shape index (κ2) is 10.7. The van der Waals surface area contributed by atoms with Crippen molar-refractivity contribution < 1.29 is 19.2 Å². The number of halogens is 2. The van der Waals surface area contributed by atoms with Crippen molar-refractivity contribution in [3.63, 3.8) is 0 Å². The second-order valence-electron chi connectivity index (χ2n) is 7.96. The molecule has 0 radical (unpaired) electrons. The van der Waals surface area contributed by atoms with Gasteiger partial charge in [0.25, 0.3) is 5.89 Å². The number of benzene rings is 3. The summed E-state index contributed by atoms with van der Waals surface area (Å²) < 4.78 is 11.2. The molecule has 34 heavy (non-hydrogen) atoms. The second-order valence-corrected chi connectivity index (χ2v) is 8.37. The van der Waals surface area contributed by atoms with Gasteiger partial charge in [0.2, 0.25) is 5.82 Å². The number of para-hydroxylation sites is 1. The summed E-state index contributed by atoms with van der Waals surface area (Å²) in [6, 6.07) is 22.3. The fourth-order valence-corrected chi connectivity index (χ4v) is 3.28. The van der Waals surface area contributed by atoms with Crippen molar-refractivity contribution in [2.45, 2.75) is 25.9 Å². The highest BCUT2D eigenvalue weighted by Crippen LogP contribution is 2.30. The minimum atomic E-state index is -1.05. The number of nitrogens with one attached hydrogen (secondary N) is 1. The van der Waals surface area contributed by atoms with E-state index in [1.54, 1.807) is 26.0 Å². The van der Waals surface area contributed by atoms with E-state index in [1.807, 2.05) is 60.7 Å². The summed E-state index contributed by atoms with van der Waals surface area (Å²) in [5.41, 5.74) is 1.17. The van der Waals surface area contributed by atoms with Gasteiger partial charge < -0.3 is 14.4 Å². The molecular formula is C25H23Cl2N3O4. The summed E-state index contributed by atoms with van der Waals surface area (Å²) in [6.07, 6.45) is 0. The van der Waals surface area contributed by atoms with Gasteiger partial charge in [-0.15, -0.1) is 12.4 Å². The van der Waals surface area contributed by atoms with E-state index in [2.05, 4.69) is 15.5 Å². The zero-order chi connectivity index (χ0) is 23.4. The monoisotopic (exact) mass is 499 g/mol. The molecule has 4 aromatic rings. The molecular weight excluding hydrogens is 477 g/mol. The van der Waals surface area contributed by atoms with E-state index in [9.17, 15) is 9.90 Å².